The average molecular weight is 137 g/mol. The van der Waals surface area contributed by atoms with E-state index in [0.29, 0.717) is 5.69 Å². The van der Waals surface area contributed by atoms with Gasteiger partial charge in [0.05, 0.1) is 0 Å². The van der Waals surface area contributed by atoms with E-state index in [1.807, 2.05) is 12.1 Å². The molecule has 8 heavy (non-hydrogen) atoms. The van der Waals surface area contributed by atoms with Crippen LogP contribution in [0.4, 0.5) is 5.69 Å². The zero-order valence-electron chi connectivity index (χ0n) is 4.46. The van der Waals surface area contributed by atoms with Crippen molar-refractivity contribution in [3.8, 4) is 0 Å². The van der Waals surface area contributed by atoms with Crippen LogP contribution in [0.1, 0.15) is 0 Å². The molecule has 0 aliphatic heterocycles. The second-order valence-electron chi connectivity index (χ2n) is 1.32. The molecule has 0 fully saturated rings. The van der Waals surface area contributed by atoms with Crippen molar-refractivity contribution in [1.82, 2.24) is 0 Å². The van der Waals surface area contributed by atoms with E-state index in [2.05, 4.69) is 6.07 Å². The molecule has 0 amide bonds. The number of benzene rings is 1. The first kappa shape index (κ1) is 7.89. The van der Waals surface area contributed by atoms with Gasteiger partial charge in [0, 0.05) is 25.8 Å². The van der Waals surface area contributed by atoms with Crippen molar-refractivity contribution >= 4 is 5.69 Å². The minimum absolute atomic E-state index is 0. The summed E-state index contributed by atoms with van der Waals surface area (Å²) in [6, 6.07) is 10.2. The summed E-state index contributed by atoms with van der Waals surface area (Å²) in [5.41, 5.74) is 6.00. The van der Waals surface area contributed by atoms with Crippen LogP contribution in [0.5, 0.6) is 0 Å². The van der Waals surface area contributed by atoms with Gasteiger partial charge >= 0.3 is 0 Å². The fraction of sp³-hybridized carbons (Fsp3) is 0. The standard InChI is InChI=1S/C6H6N.Sc/c7-6-4-2-1-3-5-6;/h1-4H,7H2;/q-1;. The minimum atomic E-state index is 0. The van der Waals surface area contributed by atoms with E-state index in [1.165, 1.54) is 0 Å². The number of hydrogen-bond donors (Lipinski definition) is 1. The fourth-order valence-electron chi connectivity index (χ4n) is 0.407. The summed E-state index contributed by atoms with van der Waals surface area (Å²) in [5, 5.41) is 0. The fourth-order valence-corrected chi connectivity index (χ4v) is 0.407. The van der Waals surface area contributed by atoms with Gasteiger partial charge in [0.1, 0.15) is 0 Å². The van der Waals surface area contributed by atoms with E-state index in [1.54, 1.807) is 12.1 Å². The molecule has 0 saturated heterocycles. The number of hydrogen-bond acceptors (Lipinski definition) is 1. The molecule has 1 nitrogen and oxygen atoms in total. The molecule has 1 aromatic carbocycles. The van der Waals surface area contributed by atoms with Gasteiger partial charge in [-0.1, -0.05) is 5.69 Å². The molecule has 0 unspecified atom stereocenters. The van der Waals surface area contributed by atoms with Gasteiger partial charge < -0.3 is 5.73 Å². The van der Waals surface area contributed by atoms with Gasteiger partial charge in [-0.25, -0.2) is 0 Å². The number of anilines is 1. The molecule has 39 valence electrons. The summed E-state index contributed by atoms with van der Waals surface area (Å²) in [5.74, 6) is 0. The van der Waals surface area contributed by atoms with E-state index in [4.69, 9.17) is 5.73 Å². The Labute approximate surface area is 67.7 Å². The van der Waals surface area contributed by atoms with Gasteiger partial charge in [-0.15, -0.1) is 6.07 Å². The van der Waals surface area contributed by atoms with Gasteiger partial charge in [0.2, 0.25) is 0 Å². The molecule has 0 saturated carbocycles. The maximum Gasteiger partial charge on any atom is 0 e. The van der Waals surface area contributed by atoms with Crippen molar-refractivity contribution in [3.63, 3.8) is 0 Å². The summed E-state index contributed by atoms with van der Waals surface area (Å²) in [6.07, 6.45) is 0. The van der Waals surface area contributed by atoms with E-state index in [9.17, 15) is 0 Å². The van der Waals surface area contributed by atoms with Crippen molar-refractivity contribution in [2.75, 3.05) is 5.73 Å². The van der Waals surface area contributed by atoms with Gasteiger partial charge in [-0.3, -0.25) is 0 Å². The average Bonchev–Trinajstić information content (AvgIpc) is 1.69. The Bertz CT molecular complexity index is 138. The molecule has 0 aliphatic rings. The zero-order valence-corrected chi connectivity index (χ0v) is 6.27. The van der Waals surface area contributed by atoms with E-state index >= 15 is 0 Å². The van der Waals surface area contributed by atoms with Crippen LogP contribution in [0.3, 0.4) is 0 Å². The third kappa shape index (κ3) is 2.26. The molecule has 0 bridgehead atoms. The Hall–Kier alpha value is -0.110. The molecule has 0 spiro atoms. The molecule has 0 aliphatic carbocycles. The summed E-state index contributed by atoms with van der Waals surface area (Å²) in [7, 11) is 0. The van der Waals surface area contributed by atoms with Crippen molar-refractivity contribution in [1.29, 1.82) is 0 Å². The second-order valence-corrected chi connectivity index (χ2v) is 1.32. The van der Waals surface area contributed by atoms with Crippen molar-refractivity contribution in [2.24, 2.45) is 0 Å². The predicted octanol–water partition coefficient (Wildman–Crippen LogP) is 1.07. The number of para-hydroxylation sites is 1. The molecule has 2 heteroatoms. The largest absolute Gasteiger partial charge is 0.420 e. The van der Waals surface area contributed by atoms with Gasteiger partial charge in [-0.2, -0.15) is 24.3 Å². The molecule has 1 aromatic rings. The number of nitrogens with two attached hydrogens (primary N) is 1. The number of rotatable bonds is 0. The summed E-state index contributed by atoms with van der Waals surface area (Å²) in [4.78, 5) is 0. The Morgan fingerprint density at radius 1 is 1.38 bits per heavy atom. The van der Waals surface area contributed by atoms with Crippen LogP contribution in [-0.2, 0) is 25.8 Å². The Morgan fingerprint density at radius 3 is 2.38 bits per heavy atom. The Kier molecular flexibility index (Phi) is 3.79. The van der Waals surface area contributed by atoms with Crippen LogP contribution in [0.15, 0.2) is 24.3 Å². The van der Waals surface area contributed by atoms with Crippen LogP contribution in [0, 0.1) is 6.07 Å². The molecule has 2 N–H and O–H groups in total. The first-order valence-electron chi connectivity index (χ1n) is 2.12. The van der Waals surface area contributed by atoms with Crippen molar-refractivity contribution < 1.29 is 25.8 Å². The molecular weight excluding hydrogens is 131 g/mol. The smallest absolute Gasteiger partial charge is 0 e. The van der Waals surface area contributed by atoms with Crippen molar-refractivity contribution in [2.45, 2.75) is 0 Å². The van der Waals surface area contributed by atoms with E-state index in [0.717, 1.165) is 0 Å². The van der Waals surface area contributed by atoms with Crippen LogP contribution in [0.2, 0.25) is 0 Å². The monoisotopic (exact) mass is 137 g/mol. The third-order valence-corrected chi connectivity index (χ3v) is 0.733. The van der Waals surface area contributed by atoms with Crippen LogP contribution < -0.4 is 5.73 Å². The Morgan fingerprint density at radius 2 is 2.12 bits per heavy atom. The quantitative estimate of drug-likeness (QED) is 0.420. The SMILES string of the molecule is Nc1[c-]cccc1.[Sc]. The predicted molar refractivity (Wildman–Crippen MR) is 29.7 cm³/mol. The van der Waals surface area contributed by atoms with Gasteiger partial charge in [0.25, 0.3) is 0 Å². The zero-order chi connectivity index (χ0) is 5.11. The summed E-state index contributed by atoms with van der Waals surface area (Å²) >= 11 is 0. The first-order chi connectivity index (χ1) is 3.39. The second kappa shape index (κ2) is 3.84. The maximum atomic E-state index is 5.30. The third-order valence-electron chi connectivity index (χ3n) is 0.733. The molecule has 1 radical (unpaired) electrons. The minimum Gasteiger partial charge on any atom is -0.420 e. The Balaban J connectivity index is 0.000000490. The van der Waals surface area contributed by atoms with Gasteiger partial charge in [-0.05, 0) is 0 Å². The molecular formula is C6H6NSc-. The van der Waals surface area contributed by atoms with Crippen molar-refractivity contribution in [3.05, 3.63) is 30.3 Å². The number of nitrogen functional groups attached to an aromatic ring is 1. The van der Waals surface area contributed by atoms with Crippen LogP contribution >= 0.6 is 0 Å². The van der Waals surface area contributed by atoms with E-state index in [-0.39, 0.29) is 25.8 Å². The molecule has 0 atom stereocenters. The maximum absolute atomic E-state index is 5.30. The van der Waals surface area contributed by atoms with Crippen LogP contribution in [-0.4, -0.2) is 0 Å². The topological polar surface area (TPSA) is 26.0 Å². The first-order valence-corrected chi connectivity index (χ1v) is 2.12. The molecule has 1 rings (SSSR count). The van der Waals surface area contributed by atoms with E-state index < -0.39 is 0 Å². The van der Waals surface area contributed by atoms with Crippen LogP contribution in [0.25, 0.3) is 0 Å². The molecule has 0 heterocycles. The molecule has 0 aromatic heterocycles. The summed E-state index contributed by atoms with van der Waals surface area (Å²) < 4.78 is 0. The van der Waals surface area contributed by atoms with Gasteiger partial charge in [0.15, 0.2) is 0 Å². The normalized spacial score (nSPS) is 7.50. The summed E-state index contributed by atoms with van der Waals surface area (Å²) in [6.45, 7) is 0.